The van der Waals surface area contributed by atoms with E-state index in [4.69, 9.17) is 0 Å². The third kappa shape index (κ3) is 4.35. The fourth-order valence-corrected chi connectivity index (χ4v) is 5.85. The number of hydrogen-bond acceptors (Lipinski definition) is 4. The molecule has 1 amide bonds. The highest BCUT2D eigenvalue weighted by molar-refractivity contribution is 7.89. The zero-order chi connectivity index (χ0) is 23.9. The number of aromatic nitrogens is 2. The van der Waals surface area contributed by atoms with Crippen molar-refractivity contribution in [2.24, 2.45) is 0 Å². The molecule has 0 saturated carbocycles. The van der Waals surface area contributed by atoms with E-state index in [0.717, 1.165) is 24.0 Å². The topological polar surface area (TPSA) is 93.4 Å². The highest BCUT2D eigenvalue weighted by Crippen LogP contribution is 2.26. The molecule has 0 aliphatic carbocycles. The van der Waals surface area contributed by atoms with Crippen molar-refractivity contribution in [1.82, 2.24) is 13.4 Å². The van der Waals surface area contributed by atoms with E-state index in [1.54, 1.807) is 16.7 Å². The molecule has 3 aromatic rings. The van der Waals surface area contributed by atoms with Gasteiger partial charge in [0.1, 0.15) is 6.54 Å². The Bertz CT molecular complexity index is 1380. The van der Waals surface area contributed by atoms with Gasteiger partial charge in [0.05, 0.1) is 15.9 Å². The number of amides is 1. The second-order valence-electron chi connectivity index (χ2n) is 8.94. The summed E-state index contributed by atoms with van der Waals surface area (Å²) >= 11 is 0. The maximum atomic E-state index is 13.2. The van der Waals surface area contributed by atoms with E-state index < -0.39 is 10.0 Å². The summed E-state index contributed by atoms with van der Waals surface area (Å²) in [6.07, 6.45) is 1.68. The first kappa shape index (κ1) is 23.3. The van der Waals surface area contributed by atoms with Gasteiger partial charge in [-0.15, -0.1) is 0 Å². The Hall–Kier alpha value is -2.91. The number of nitrogens with zero attached hydrogens (tertiary/aromatic N) is 3. The van der Waals surface area contributed by atoms with Crippen LogP contribution in [0.1, 0.15) is 43.9 Å². The monoisotopic (exact) mass is 470 g/mol. The number of sulfonamides is 1. The van der Waals surface area contributed by atoms with Crippen molar-refractivity contribution in [3.63, 3.8) is 0 Å². The van der Waals surface area contributed by atoms with Crippen molar-refractivity contribution < 1.29 is 13.2 Å². The number of nitrogens with one attached hydrogen (secondary N) is 1. The molecule has 1 aliphatic rings. The molecule has 0 unspecified atom stereocenters. The van der Waals surface area contributed by atoms with E-state index in [0.29, 0.717) is 29.8 Å². The molecule has 0 atom stereocenters. The summed E-state index contributed by atoms with van der Waals surface area (Å²) in [7, 11) is -3.65. The Morgan fingerprint density at radius 2 is 1.70 bits per heavy atom. The van der Waals surface area contributed by atoms with E-state index in [9.17, 15) is 18.0 Å². The minimum absolute atomic E-state index is 0.140. The molecule has 1 aromatic heterocycles. The zero-order valence-corrected chi connectivity index (χ0v) is 20.3. The minimum Gasteiger partial charge on any atom is -0.325 e. The molecule has 8 nitrogen and oxygen atoms in total. The first-order valence-electron chi connectivity index (χ1n) is 11.2. The Kier molecular flexibility index (Phi) is 6.20. The molecule has 1 aliphatic heterocycles. The van der Waals surface area contributed by atoms with Gasteiger partial charge < -0.3 is 5.32 Å². The Labute approximate surface area is 193 Å². The lowest BCUT2D eigenvalue weighted by Crippen LogP contribution is -2.30. The summed E-state index contributed by atoms with van der Waals surface area (Å²) in [5.74, 6) is -0.351. The summed E-state index contributed by atoms with van der Waals surface area (Å²) < 4.78 is 30.6. The molecule has 1 N–H and O–H groups in total. The van der Waals surface area contributed by atoms with Gasteiger partial charge in [-0.2, -0.15) is 4.31 Å². The highest BCUT2D eigenvalue weighted by atomic mass is 32.2. The van der Waals surface area contributed by atoms with Crippen LogP contribution in [0.2, 0.25) is 0 Å². The highest BCUT2D eigenvalue weighted by Gasteiger charge is 2.28. The van der Waals surface area contributed by atoms with Crippen LogP contribution in [0.5, 0.6) is 0 Å². The van der Waals surface area contributed by atoms with E-state index >= 15 is 0 Å². The predicted octanol–water partition coefficient (Wildman–Crippen LogP) is 3.42. The van der Waals surface area contributed by atoms with Crippen LogP contribution in [0.4, 0.5) is 5.69 Å². The average Bonchev–Trinajstić information content (AvgIpc) is 3.38. The fourth-order valence-electron chi connectivity index (χ4n) is 4.31. The Morgan fingerprint density at radius 3 is 2.33 bits per heavy atom. The summed E-state index contributed by atoms with van der Waals surface area (Å²) in [6.45, 7) is 8.51. The molecule has 4 rings (SSSR count). The van der Waals surface area contributed by atoms with Gasteiger partial charge in [-0.25, -0.2) is 13.2 Å². The Morgan fingerprint density at radius 1 is 1.00 bits per heavy atom. The number of imidazole rings is 1. The molecule has 176 valence electrons. The molecule has 1 fully saturated rings. The van der Waals surface area contributed by atoms with Crippen LogP contribution in [-0.4, -0.2) is 40.9 Å². The number of anilines is 1. The van der Waals surface area contributed by atoms with Crippen LogP contribution >= 0.6 is 0 Å². The molecule has 2 aromatic carbocycles. The fraction of sp³-hybridized carbons (Fsp3) is 0.417. The van der Waals surface area contributed by atoms with Gasteiger partial charge in [0, 0.05) is 24.8 Å². The van der Waals surface area contributed by atoms with Crippen LogP contribution in [0.25, 0.3) is 11.0 Å². The number of aryl methyl sites for hydroxylation is 2. The standard InChI is InChI=1S/C24H30N4O4S/c1-16(2)28-21-10-9-20(33(31,32)26-11-5-6-12-26)14-22(21)27(24(28)30)15-23(29)25-19-8-7-17(3)18(4)13-19/h7-10,13-14,16H,5-6,11-12,15H2,1-4H3,(H,25,29). The number of benzene rings is 2. The smallest absolute Gasteiger partial charge is 0.325 e. The third-order valence-corrected chi connectivity index (χ3v) is 8.14. The SMILES string of the molecule is Cc1ccc(NC(=O)Cn2c(=O)n(C(C)C)c3ccc(S(=O)(=O)N4CCCC4)cc32)cc1C. The van der Waals surface area contributed by atoms with Crippen molar-refractivity contribution in [3.8, 4) is 0 Å². The molecule has 2 heterocycles. The summed E-state index contributed by atoms with van der Waals surface area (Å²) in [5, 5.41) is 2.84. The lowest BCUT2D eigenvalue weighted by molar-refractivity contribution is -0.116. The molecule has 33 heavy (non-hydrogen) atoms. The van der Waals surface area contributed by atoms with Crippen LogP contribution in [0, 0.1) is 13.8 Å². The van der Waals surface area contributed by atoms with Gasteiger partial charge in [-0.1, -0.05) is 6.07 Å². The summed E-state index contributed by atoms with van der Waals surface area (Å²) in [4.78, 5) is 26.2. The van der Waals surface area contributed by atoms with Gasteiger partial charge in [-0.05, 0) is 82.0 Å². The summed E-state index contributed by atoms with van der Waals surface area (Å²) in [5.41, 5.74) is 3.53. The Balaban J connectivity index is 1.74. The van der Waals surface area contributed by atoms with Gasteiger partial charge in [0.25, 0.3) is 0 Å². The van der Waals surface area contributed by atoms with Gasteiger partial charge in [-0.3, -0.25) is 13.9 Å². The van der Waals surface area contributed by atoms with Crippen molar-refractivity contribution in [2.75, 3.05) is 18.4 Å². The zero-order valence-electron chi connectivity index (χ0n) is 19.5. The maximum Gasteiger partial charge on any atom is 0.329 e. The first-order valence-corrected chi connectivity index (χ1v) is 12.7. The molecule has 0 spiro atoms. The first-order chi connectivity index (χ1) is 15.6. The molecular formula is C24H30N4O4S. The van der Waals surface area contributed by atoms with Crippen molar-refractivity contribution >= 4 is 32.7 Å². The molecule has 1 saturated heterocycles. The number of carbonyl (C=O) groups excluding carboxylic acids is 1. The maximum absolute atomic E-state index is 13.2. The second-order valence-corrected chi connectivity index (χ2v) is 10.9. The predicted molar refractivity (Wildman–Crippen MR) is 129 cm³/mol. The number of rotatable bonds is 6. The van der Waals surface area contributed by atoms with Crippen LogP contribution in [-0.2, 0) is 21.4 Å². The lowest BCUT2D eigenvalue weighted by Gasteiger charge is -2.16. The van der Waals surface area contributed by atoms with Crippen molar-refractivity contribution in [1.29, 1.82) is 0 Å². The van der Waals surface area contributed by atoms with E-state index in [2.05, 4.69) is 5.32 Å². The number of hydrogen-bond donors (Lipinski definition) is 1. The van der Waals surface area contributed by atoms with E-state index in [1.807, 2.05) is 45.9 Å². The van der Waals surface area contributed by atoms with Crippen molar-refractivity contribution in [2.45, 2.75) is 58.0 Å². The quantitative estimate of drug-likeness (QED) is 0.597. The molecular weight excluding hydrogens is 440 g/mol. The molecule has 0 bridgehead atoms. The van der Waals surface area contributed by atoms with Crippen LogP contribution < -0.4 is 11.0 Å². The number of carbonyl (C=O) groups is 1. The molecule has 9 heteroatoms. The van der Waals surface area contributed by atoms with Gasteiger partial charge in [0.15, 0.2) is 0 Å². The minimum atomic E-state index is -3.65. The van der Waals surface area contributed by atoms with Crippen molar-refractivity contribution in [3.05, 3.63) is 58.0 Å². The second kappa shape index (κ2) is 8.79. The average molecular weight is 471 g/mol. The van der Waals surface area contributed by atoms with E-state index in [-0.39, 0.29) is 29.1 Å². The van der Waals surface area contributed by atoms with E-state index in [1.165, 1.54) is 14.9 Å². The normalized spacial score (nSPS) is 14.9. The lowest BCUT2D eigenvalue weighted by atomic mass is 10.1. The van der Waals surface area contributed by atoms with Crippen LogP contribution in [0.15, 0.2) is 46.1 Å². The number of fused-ring (bicyclic) bond motifs is 1. The molecule has 0 radical (unpaired) electrons. The van der Waals surface area contributed by atoms with Gasteiger partial charge >= 0.3 is 5.69 Å². The van der Waals surface area contributed by atoms with Crippen LogP contribution in [0.3, 0.4) is 0 Å². The largest absolute Gasteiger partial charge is 0.329 e. The van der Waals surface area contributed by atoms with Gasteiger partial charge in [0.2, 0.25) is 15.9 Å². The summed E-state index contributed by atoms with van der Waals surface area (Å²) in [6, 6.07) is 10.2. The third-order valence-electron chi connectivity index (χ3n) is 6.25.